The van der Waals surface area contributed by atoms with Gasteiger partial charge in [-0.1, -0.05) is 161 Å². The van der Waals surface area contributed by atoms with E-state index in [1.165, 1.54) is 70.8 Å². The van der Waals surface area contributed by atoms with E-state index in [0.29, 0.717) is 5.95 Å². The maximum Gasteiger partial charge on any atom is 0.235 e. The lowest BCUT2D eigenvalue weighted by Gasteiger charge is -2.42. The Balaban J connectivity index is 1.12. The van der Waals surface area contributed by atoms with E-state index in [1.54, 1.807) is 0 Å². The first-order chi connectivity index (χ1) is 33.2. The number of benzene rings is 10. The number of aromatic nitrogens is 4. The summed E-state index contributed by atoms with van der Waals surface area (Å²) in [5.74, 6) is 0.654. The zero-order valence-electron chi connectivity index (χ0n) is 38.7. The Hall–Kier alpha value is -8.08. The fraction of sp³-hybridized carbons (Fsp3) is 0.125. The first-order valence-electron chi connectivity index (χ1n) is 24.0. The SMILES string of the molecule is CC1(C)CCC(C)(C)c2cc3c(cc21)c1c2c4c5ccccc5ccc4n(-c4nc(-c5cccc(-c6ccc7ccccc7c6)c5)c5ccc6ccccc6c5n4)c2ccc1n3-c1ccccc1. The van der Waals surface area contributed by atoms with Crippen LogP contribution in [0.15, 0.2) is 194 Å². The average Bonchev–Trinajstić information content (AvgIpc) is 3.90. The Morgan fingerprint density at radius 3 is 1.74 bits per heavy atom. The maximum absolute atomic E-state index is 5.72. The highest BCUT2D eigenvalue weighted by atomic mass is 15.2. The van der Waals surface area contributed by atoms with Crippen molar-refractivity contribution in [2.45, 2.75) is 51.4 Å². The van der Waals surface area contributed by atoms with E-state index in [0.717, 1.165) is 68.1 Å². The molecule has 0 atom stereocenters. The first-order valence-corrected chi connectivity index (χ1v) is 24.0. The van der Waals surface area contributed by atoms with Gasteiger partial charge in [-0.15, -0.1) is 0 Å². The maximum atomic E-state index is 5.72. The second-order valence-electron chi connectivity index (χ2n) is 20.4. The van der Waals surface area contributed by atoms with E-state index in [1.807, 2.05) is 0 Å². The highest BCUT2D eigenvalue weighted by molar-refractivity contribution is 6.33. The first kappa shape index (κ1) is 39.1. The Morgan fingerprint density at radius 1 is 0.368 bits per heavy atom. The van der Waals surface area contributed by atoms with Crippen LogP contribution in [0.25, 0.3) is 121 Å². The lowest BCUT2D eigenvalue weighted by atomic mass is 9.63. The number of nitrogens with zero attached hydrogens (tertiary/aromatic N) is 4. The quantitative estimate of drug-likeness (QED) is 0.165. The average molecular weight is 873 g/mol. The molecule has 3 heterocycles. The highest BCUT2D eigenvalue weighted by Crippen LogP contribution is 2.51. The molecule has 14 rings (SSSR count). The molecule has 1 aliphatic rings. The molecule has 0 bridgehead atoms. The molecule has 0 spiro atoms. The molecule has 3 aromatic heterocycles. The van der Waals surface area contributed by atoms with E-state index in [2.05, 4.69) is 231 Å². The number of rotatable bonds is 4. The van der Waals surface area contributed by atoms with Crippen molar-refractivity contribution in [3.8, 4) is 34.0 Å². The van der Waals surface area contributed by atoms with Crippen LogP contribution in [0.4, 0.5) is 0 Å². The van der Waals surface area contributed by atoms with E-state index in [4.69, 9.17) is 9.97 Å². The summed E-state index contributed by atoms with van der Waals surface area (Å²) < 4.78 is 4.86. The molecule has 13 aromatic rings. The van der Waals surface area contributed by atoms with Crippen LogP contribution < -0.4 is 0 Å². The fourth-order valence-corrected chi connectivity index (χ4v) is 11.9. The minimum atomic E-state index is 0.0402. The van der Waals surface area contributed by atoms with Gasteiger partial charge in [-0.2, -0.15) is 0 Å². The number of hydrogen-bond acceptors (Lipinski definition) is 2. The van der Waals surface area contributed by atoms with Gasteiger partial charge in [-0.05, 0) is 134 Å². The van der Waals surface area contributed by atoms with Crippen molar-refractivity contribution in [3.63, 3.8) is 0 Å². The predicted molar refractivity (Wildman–Crippen MR) is 287 cm³/mol. The van der Waals surface area contributed by atoms with Crippen LogP contribution in [0.5, 0.6) is 0 Å². The normalized spacial score (nSPS) is 14.6. The lowest BCUT2D eigenvalue weighted by molar-refractivity contribution is 0.332. The summed E-state index contributed by atoms with van der Waals surface area (Å²) in [4.78, 5) is 11.4. The smallest absolute Gasteiger partial charge is 0.235 e. The van der Waals surface area contributed by atoms with Crippen LogP contribution >= 0.6 is 0 Å². The van der Waals surface area contributed by atoms with Crippen LogP contribution in [0.3, 0.4) is 0 Å². The van der Waals surface area contributed by atoms with Gasteiger partial charge in [0.05, 0.1) is 33.3 Å². The van der Waals surface area contributed by atoms with Crippen LogP contribution in [0, 0.1) is 0 Å². The molecule has 324 valence electrons. The molecule has 0 aliphatic heterocycles. The molecule has 10 aromatic carbocycles. The van der Waals surface area contributed by atoms with Gasteiger partial charge in [0.25, 0.3) is 0 Å². The molecule has 0 saturated heterocycles. The number of fused-ring (bicyclic) bond motifs is 14. The standard InChI is InChI=1S/C64H48N4/c1-63(2)33-34-64(3,4)52-38-56-50(37-51(52)63)58-53(67(56)46-21-6-5-7-22-46)31-32-55-59(58)57-47-23-12-10-16-40(47)28-30-54(57)68(55)62-65-60(49-29-27-41-17-11-13-24-48(41)61(49)66-62)45-20-14-19-43(36-45)44-26-25-39-15-8-9-18-42(39)35-44/h5-32,35-38H,33-34H2,1-4H3. The van der Waals surface area contributed by atoms with Gasteiger partial charge in [0.1, 0.15) is 0 Å². The second kappa shape index (κ2) is 14.2. The molecule has 4 nitrogen and oxygen atoms in total. The molecular weight excluding hydrogens is 825 g/mol. The van der Waals surface area contributed by atoms with E-state index >= 15 is 0 Å². The summed E-state index contributed by atoms with van der Waals surface area (Å²) in [5, 5.41) is 13.2. The third kappa shape index (κ3) is 5.67. The number of hydrogen-bond donors (Lipinski definition) is 0. The minimum absolute atomic E-state index is 0.0402. The van der Waals surface area contributed by atoms with Crippen LogP contribution in [0.1, 0.15) is 51.7 Å². The van der Waals surface area contributed by atoms with Crippen molar-refractivity contribution >= 4 is 86.8 Å². The molecule has 0 radical (unpaired) electrons. The molecule has 0 amide bonds. The van der Waals surface area contributed by atoms with Crippen LogP contribution in [-0.4, -0.2) is 19.1 Å². The van der Waals surface area contributed by atoms with Crippen LogP contribution in [-0.2, 0) is 10.8 Å². The van der Waals surface area contributed by atoms with Crippen LogP contribution in [0.2, 0.25) is 0 Å². The topological polar surface area (TPSA) is 35.6 Å². The second-order valence-corrected chi connectivity index (χ2v) is 20.4. The van der Waals surface area contributed by atoms with Gasteiger partial charge < -0.3 is 4.57 Å². The summed E-state index contributed by atoms with van der Waals surface area (Å²) in [5.41, 5.74) is 14.0. The van der Waals surface area contributed by atoms with Crippen molar-refractivity contribution in [1.82, 2.24) is 19.1 Å². The molecule has 68 heavy (non-hydrogen) atoms. The largest absolute Gasteiger partial charge is 0.309 e. The van der Waals surface area contributed by atoms with Crippen molar-refractivity contribution in [1.29, 1.82) is 0 Å². The lowest BCUT2D eigenvalue weighted by Crippen LogP contribution is -2.33. The van der Waals surface area contributed by atoms with Crippen molar-refractivity contribution in [2.24, 2.45) is 0 Å². The van der Waals surface area contributed by atoms with Gasteiger partial charge in [0.2, 0.25) is 5.95 Å². The van der Waals surface area contributed by atoms with E-state index < -0.39 is 0 Å². The van der Waals surface area contributed by atoms with Gasteiger partial charge in [0.15, 0.2) is 0 Å². The molecular formula is C64H48N4. The summed E-state index contributed by atoms with van der Waals surface area (Å²) in [6, 6.07) is 71.4. The fourth-order valence-electron chi connectivity index (χ4n) is 11.9. The third-order valence-electron chi connectivity index (χ3n) is 15.5. The van der Waals surface area contributed by atoms with Gasteiger partial charge >= 0.3 is 0 Å². The van der Waals surface area contributed by atoms with Gasteiger partial charge in [0, 0.05) is 43.6 Å². The molecule has 0 unspecified atom stereocenters. The molecule has 4 heteroatoms. The van der Waals surface area contributed by atoms with Gasteiger partial charge in [-0.3, -0.25) is 4.57 Å². The Kier molecular flexibility index (Phi) is 8.18. The summed E-state index contributed by atoms with van der Waals surface area (Å²) in [6.45, 7) is 9.74. The third-order valence-corrected chi connectivity index (χ3v) is 15.5. The van der Waals surface area contributed by atoms with Crippen molar-refractivity contribution in [3.05, 3.63) is 205 Å². The Morgan fingerprint density at radius 2 is 0.941 bits per heavy atom. The Bertz CT molecular complexity index is 4260. The predicted octanol–water partition coefficient (Wildman–Crippen LogP) is 17.0. The summed E-state index contributed by atoms with van der Waals surface area (Å²) in [6.07, 6.45) is 2.31. The van der Waals surface area contributed by atoms with E-state index in [9.17, 15) is 0 Å². The molecule has 0 N–H and O–H groups in total. The summed E-state index contributed by atoms with van der Waals surface area (Å²) in [7, 11) is 0. The zero-order chi connectivity index (χ0) is 45.5. The Labute approximate surface area is 394 Å². The van der Waals surface area contributed by atoms with Crippen molar-refractivity contribution < 1.29 is 0 Å². The monoisotopic (exact) mass is 872 g/mol. The van der Waals surface area contributed by atoms with Gasteiger partial charge in [-0.25, -0.2) is 9.97 Å². The van der Waals surface area contributed by atoms with E-state index in [-0.39, 0.29) is 10.8 Å². The highest BCUT2D eigenvalue weighted by Gasteiger charge is 2.38. The number of para-hydroxylation sites is 1. The zero-order valence-corrected chi connectivity index (χ0v) is 38.7. The summed E-state index contributed by atoms with van der Waals surface area (Å²) >= 11 is 0. The van der Waals surface area contributed by atoms with Crippen molar-refractivity contribution in [2.75, 3.05) is 0 Å². The molecule has 0 fully saturated rings. The molecule has 0 saturated carbocycles. The molecule has 1 aliphatic carbocycles. The minimum Gasteiger partial charge on any atom is -0.309 e.